The van der Waals surface area contributed by atoms with Gasteiger partial charge in [-0.1, -0.05) is 20.8 Å². The van der Waals surface area contributed by atoms with Crippen LogP contribution >= 0.6 is 0 Å². The van der Waals surface area contributed by atoms with E-state index in [4.69, 9.17) is 5.11 Å². The van der Waals surface area contributed by atoms with Crippen molar-refractivity contribution in [2.45, 2.75) is 33.2 Å². The van der Waals surface area contributed by atoms with Crippen LogP contribution in [0, 0.1) is 11.8 Å². The van der Waals surface area contributed by atoms with Gasteiger partial charge >= 0.3 is 5.97 Å². The Balaban J connectivity index is 4.02. The number of carboxylic acid groups (broad SMARTS) is 1. The van der Waals surface area contributed by atoms with E-state index in [9.17, 15) is 4.79 Å². The normalized spacial score (nSPS) is 16.1. The smallest absolute Gasteiger partial charge is 0.303 e. The van der Waals surface area contributed by atoms with E-state index in [1.807, 2.05) is 14.0 Å². The van der Waals surface area contributed by atoms with Crippen LogP contribution in [0.5, 0.6) is 0 Å². The lowest BCUT2D eigenvalue weighted by molar-refractivity contribution is -0.138. The van der Waals surface area contributed by atoms with Crippen molar-refractivity contribution in [3.05, 3.63) is 0 Å². The highest BCUT2D eigenvalue weighted by Crippen LogP contribution is 2.15. The molecule has 0 radical (unpaired) electrons. The van der Waals surface area contributed by atoms with Crippen molar-refractivity contribution in [1.29, 1.82) is 0 Å². The maximum absolute atomic E-state index is 10.4. The summed E-state index contributed by atoms with van der Waals surface area (Å²) in [6.07, 6.45) is 0.240. The summed E-state index contributed by atoms with van der Waals surface area (Å²) in [6, 6.07) is 0.293. The maximum Gasteiger partial charge on any atom is 0.303 e. The predicted octanol–water partition coefficient (Wildman–Crippen LogP) is 1.34. The molecule has 0 heterocycles. The molecule has 0 aromatic carbocycles. The Labute approximate surface area is 74.2 Å². The van der Waals surface area contributed by atoms with Crippen LogP contribution in [0.15, 0.2) is 0 Å². The van der Waals surface area contributed by atoms with Crippen LogP contribution in [0.4, 0.5) is 0 Å². The number of nitrogens with one attached hydrogen (secondary N) is 1. The zero-order chi connectivity index (χ0) is 9.72. The van der Waals surface area contributed by atoms with Gasteiger partial charge in [-0.05, 0) is 18.9 Å². The number of aliphatic carboxylic acids is 1. The molecule has 0 amide bonds. The van der Waals surface area contributed by atoms with Gasteiger partial charge in [0.05, 0.1) is 0 Å². The van der Waals surface area contributed by atoms with Gasteiger partial charge in [0.25, 0.3) is 0 Å². The van der Waals surface area contributed by atoms with E-state index in [2.05, 4.69) is 19.2 Å². The first-order valence-corrected chi connectivity index (χ1v) is 4.38. The molecule has 0 spiro atoms. The SMILES string of the molecule is CNC(C(C)C)C(C)CC(=O)O. The van der Waals surface area contributed by atoms with Crippen molar-refractivity contribution >= 4 is 5.97 Å². The van der Waals surface area contributed by atoms with Crippen molar-refractivity contribution in [3.63, 3.8) is 0 Å². The van der Waals surface area contributed by atoms with Gasteiger partial charge in [-0.2, -0.15) is 0 Å². The van der Waals surface area contributed by atoms with Gasteiger partial charge in [0.2, 0.25) is 0 Å². The van der Waals surface area contributed by atoms with Gasteiger partial charge in [-0.3, -0.25) is 4.79 Å². The lowest BCUT2D eigenvalue weighted by Crippen LogP contribution is -2.37. The largest absolute Gasteiger partial charge is 0.481 e. The summed E-state index contributed by atoms with van der Waals surface area (Å²) < 4.78 is 0. The molecule has 2 N–H and O–H groups in total. The first-order valence-electron chi connectivity index (χ1n) is 4.38. The maximum atomic E-state index is 10.4. The summed E-state index contributed by atoms with van der Waals surface area (Å²) in [6.45, 7) is 6.16. The molecule has 2 unspecified atom stereocenters. The molecule has 3 heteroatoms. The number of hydrogen-bond acceptors (Lipinski definition) is 2. The van der Waals surface area contributed by atoms with Crippen LogP contribution in [0.25, 0.3) is 0 Å². The van der Waals surface area contributed by atoms with E-state index in [1.165, 1.54) is 0 Å². The zero-order valence-corrected chi connectivity index (χ0v) is 8.29. The van der Waals surface area contributed by atoms with Gasteiger partial charge in [0, 0.05) is 12.5 Å². The quantitative estimate of drug-likeness (QED) is 0.659. The molecule has 72 valence electrons. The third-order valence-corrected chi connectivity index (χ3v) is 2.16. The van der Waals surface area contributed by atoms with Crippen molar-refractivity contribution < 1.29 is 9.90 Å². The molecule has 0 bridgehead atoms. The highest BCUT2D eigenvalue weighted by atomic mass is 16.4. The van der Waals surface area contributed by atoms with Crippen LogP contribution in [-0.4, -0.2) is 24.2 Å². The Morgan fingerprint density at radius 2 is 1.92 bits per heavy atom. The summed E-state index contributed by atoms with van der Waals surface area (Å²) >= 11 is 0. The monoisotopic (exact) mass is 173 g/mol. The molecule has 0 aromatic heterocycles. The van der Waals surface area contributed by atoms with Crippen LogP contribution < -0.4 is 5.32 Å². The molecule has 0 saturated heterocycles. The van der Waals surface area contributed by atoms with Crippen LogP contribution in [0.3, 0.4) is 0 Å². The zero-order valence-electron chi connectivity index (χ0n) is 8.29. The number of rotatable bonds is 5. The Kier molecular flexibility index (Phi) is 4.90. The summed E-state index contributed by atoms with van der Waals surface area (Å²) in [4.78, 5) is 10.4. The van der Waals surface area contributed by atoms with E-state index < -0.39 is 5.97 Å². The molecule has 12 heavy (non-hydrogen) atoms. The summed E-state index contributed by atoms with van der Waals surface area (Å²) in [5.74, 6) is -0.0553. The van der Waals surface area contributed by atoms with Crippen LogP contribution in [-0.2, 0) is 4.79 Å². The molecule has 0 aromatic rings. The Bertz CT molecular complexity index is 145. The van der Waals surface area contributed by atoms with Crippen molar-refractivity contribution in [1.82, 2.24) is 5.32 Å². The summed E-state index contributed by atoms with van der Waals surface area (Å²) in [5, 5.41) is 11.7. The minimum Gasteiger partial charge on any atom is -0.481 e. The van der Waals surface area contributed by atoms with E-state index in [0.717, 1.165) is 0 Å². The minimum absolute atomic E-state index is 0.187. The van der Waals surface area contributed by atoms with Crippen molar-refractivity contribution in [2.75, 3.05) is 7.05 Å². The molecule has 0 saturated carbocycles. The third-order valence-electron chi connectivity index (χ3n) is 2.16. The highest BCUT2D eigenvalue weighted by molar-refractivity contribution is 5.67. The lowest BCUT2D eigenvalue weighted by Gasteiger charge is -2.25. The van der Waals surface area contributed by atoms with E-state index in [0.29, 0.717) is 12.0 Å². The fourth-order valence-electron chi connectivity index (χ4n) is 1.68. The molecule has 0 aliphatic carbocycles. The number of carbonyl (C=O) groups is 1. The Hall–Kier alpha value is -0.570. The second-order valence-corrected chi connectivity index (χ2v) is 3.63. The summed E-state index contributed by atoms with van der Waals surface area (Å²) in [7, 11) is 1.88. The van der Waals surface area contributed by atoms with Crippen LogP contribution in [0.1, 0.15) is 27.2 Å². The summed E-state index contributed by atoms with van der Waals surface area (Å²) in [5.41, 5.74) is 0. The molecular weight excluding hydrogens is 154 g/mol. The molecule has 0 aliphatic heterocycles. The first kappa shape index (κ1) is 11.4. The van der Waals surface area contributed by atoms with E-state index in [-0.39, 0.29) is 12.3 Å². The van der Waals surface area contributed by atoms with Crippen LogP contribution in [0.2, 0.25) is 0 Å². The highest BCUT2D eigenvalue weighted by Gasteiger charge is 2.20. The second-order valence-electron chi connectivity index (χ2n) is 3.63. The fourth-order valence-corrected chi connectivity index (χ4v) is 1.68. The Morgan fingerprint density at radius 1 is 1.42 bits per heavy atom. The van der Waals surface area contributed by atoms with Crippen molar-refractivity contribution in [2.24, 2.45) is 11.8 Å². The third kappa shape index (κ3) is 3.72. The van der Waals surface area contributed by atoms with Gasteiger partial charge in [0.15, 0.2) is 0 Å². The molecule has 0 aliphatic rings. The van der Waals surface area contributed by atoms with Gasteiger partial charge in [-0.15, -0.1) is 0 Å². The Morgan fingerprint density at radius 3 is 2.17 bits per heavy atom. The molecule has 3 nitrogen and oxygen atoms in total. The topological polar surface area (TPSA) is 49.3 Å². The standard InChI is InChI=1S/C9H19NO2/c1-6(2)9(10-4)7(3)5-8(11)12/h6-7,9-10H,5H2,1-4H3,(H,11,12). The molecule has 2 atom stereocenters. The second kappa shape index (κ2) is 5.14. The van der Waals surface area contributed by atoms with Gasteiger partial charge in [-0.25, -0.2) is 0 Å². The lowest BCUT2D eigenvalue weighted by atomic mass is 9.90. The predicted molar refractivity (Wildman–Crippen MR) is 49.1 cm³/mol. The van der Waals surface area contributed by atoms with Gasteiger partial charge < -0.3 is 10.4 Å². The van der Waals surface area contributed by atoms with E-state index >= 15 is 0 Å². The average molecular weight is 173 g/mol. The minimum atomic E-state index is -0.719. The molecule has 0 fully saturated rings. The number of hydrogen-bond donors (Lipinski definition) is 2. The average Bonchev–Trinajstić information content (AvgIpc) is 1.85. The fraction of sp³-hybridized carbons (Fsp3) is 0.889. The van der Waals surface area contributed by atoms with Crippen molar-refractivity contribution in [3.8, 4) is 0 Å². The van der Waals surface area contributed by atoms with Gasteiger partial charge in [0.1, 0.15) is 0 Å². The molecule has 0 rings (SSSR count). The number of carboxylic acids is 1. The molecular formula is C9H19NO2. The first-order chi connectivity index (χ1) is 5.49. The van der Waals surface area contributed by atoms with E-state index in [1.54, 1.807) is 0 Å².